The maximum Gasteiger partial charge on any atom is 0.265 e. The Labute approximate surface area is 110 Å². The highest BCUT2D eigenvalue weighted by Crippen LogP contribution is 2.28. The van der Waals surface area contributed by atoms with Gasteiger partial charge in [-0.3, -0.25) is 0 Å². The van der Waals surface area contributed by atoms with Crippen LogP contribution in [0.25, 0.3) is 10.2 Å². The number of primary sulfonamides is 1. The van der Waals surface area contributed by atoms with E-state index in [2.05, 4.69) is 23.7 Å². The summed E-state index contributed by atoms with van der Waals surface area (Å²) in [6.07, 6.45) is 0. The molecule has 0 aliphatic carbocycles. The highest BCUT2D eigenvalue weighted by Gasteiger charge is 2.15. The van der Waals surface area contributed by atoms with Crippen molar-refractivity contribution in [3.63, 3.8) is 0 Å². The molecule has 1 aromatic heterocycles. The molecule has 0 radical (unpaired) electrons. The van der Waals surface area contributed by atoms with Crippen molar-refractivity contribution in [2.45, 2.75) is 18.2 Å². The molecular weight excluding hydrogens is 270 g/mol. The maximum absolute atomic E-state index is 11.2. The van der Waals surface area contributed by atoms with E-state index >= 15 is 0 Å². The summed E-state index contributed by atoms with van der Waals surface area (Å²) in [5.41, 5.74) is 1.71. The van der Waals surface area contributed by atoms with Gasteiger partial charge in [0.15, 0.2) is 0 Å². The van der Waals surface area contributed by atoms with Gasteiger partial charge in [-0.2, -0.15) is 0 Å². The lowest BCUT2D eigenvalue weighted by Gasteiger charge is -2.20. The average molecular weight is 285 g/mol. The number of nitrogens with zero attached hydrogens (tertiary/aromatic N) is 2. The number of sulfonamides is 1. The van der Waals surface area contributed by atoms with Gasteiger partial charge in [0.1, 0.15) is 0 Å². The van der Waals surface area contributed by atoms with Gasteiger partial charge in [-0.15, -0.1) is 11.3 Å². The Morgan fingerprint density at radius 2 is 2.00 bits per heavy atom. The summed E-state index contributed by atoms with van der Waals surface area (Å²) in [5.74, 6) is 0. The lowest BCUT2D eigenvalue weighted by atomic mass is 10.2. The molecule has 5 nitrogen and oxygen atoms in total. The topological polar surface area (TPSA) is 76.3 Å². The van der Waals surface area contributed by atoms with E-state index in [1.165, 1.54) is 0 Å². The highest BCUT2D eigenvalue weighted by molar-refractivity contribution is 7.91. The molecule has 2 N–H and O–H groups in total. The molecule has 0 spiro atoms. The van der Waals surface area contributed by atoms with Crippen LogP contribution in [0.3, 0.4) is 0 Å². The van der Waals surface area contributed by atoms with Gasteiger partial charge in [0.25, 0.3) is 10.0 Å². The normalized spacial score (nSPS) is 11.9. The molecule has 0 aliphatic heterocycles. The van der Waals surface area contributed by atoms with E-state index in [-0.39, 0.29) is 4.34 Å². The Kier molecular flexibility index (Phi) is 3.56. The zero-order chi connectivity index (χ0) is 13.3. The average Bonchev–Trinajstić information content (AvgIpc) is 2.73. The Morgan fingerprint density at radius 1 is 1.33 bits per heavy atom. The van der Waals surface area contributed by atoms with Gasteiger partial charge in [0.2, 0.25) is 4.34 Å². The predicted octanol–water partition coefficient (Wildman–Crippen LogP) is 1.79. The minimum atomic E-state index is -3.72. The van der Waals surface area contributed by atoms with E-state index in [1.807, 2.05) is 18.2 Å². The molecule has 1 heterocycles. The summed E-state index contributed by atoms with van der Waals surface area (Å²) >= 11 is 1.10. The second kappa shape index (κ2) is 4.83. The van der Waals surface area contributed by atoms with Crippen molar-refractivity contribution in [3.05, 3.63) is 18.2 Å². The number of fused-ring (bicyclic) bond motifs is 1. The van der Waals surface area contributed by atoms with Crippen molar-refractivity contribution in [2.24, 2.45) is 5.14 Å². The Balaban J connectivity index is 2.52. The third-order valence-corrected chi connectivity index (χ3v) is 5.08. The van der Waals surface area contributed by atoms with Gasteiger partial charge in [0.05, 0.1) is 10.2 Å². The number of aromatic nitrogens is 1. The van der Waals surface area contributed by atoms with Gasteiger partial charge in [-0.25, -0.2) is 18.5 Å². The van der Waals surface area contributed by atoms with Crippen LogP contribution in [0.1, 0.15) is 13.8 Å². The Bertz CT molecular complexity index is 660. The first-order valence-corrected chi connectivity index (χ1v) is 8.00. The van der Waals surface area contributed by atoms with Crippen molar-refractivity contribution >= 4 is 37.3 Å². The summed E-state index contributed by atoms with van der Waals surface area (Å²) in [6, 6.07) is 5.75. The molecule has 2 rings (SSSR count). The van der Waals surface area contributed by atoms with Crippen LogP contribution in [0.2, 0.25) is 0 Å². The van der Waals surface area contributed by atoms with Crippen molar-refractivity contribution in [1.29, 1.82) is 0 Å². The first-order chi connectivity index (χ1) is 8.45. The number of thiazole rings is 1. The van der Waals surface area contributed by atoms with Crippen molar-refractivity contribution in [3.8, 4) is 0 Å². The number of anilines is 1. The first-order valence-electron chi connectivity index (χ1n) is 5.64. The van der Waals surface area contributed by atoms with Crippen LogP contribution in [0.15, 0.2) is 22.5 Å². The molecule has 0 bridgehead atoms. The van der Waals surface area contributed by atoms with Gasteiger partial charge < -0.3 is 4.90 Å². The van der Waals surface area contributed by atoms with Crippen LogP contribution in [-0.2, 0) is 10.0 Å². The van der Waals surface area contributed by atoms with Gasteiger partial charge in [-0.05, 0) is 32.0 Å². The fraction of sp³-hybridized carbons (Fsp3) is 0.364. The highest BCUT2D eigenvalue weighted by atomic mass is 32.2. The van der Waals surface area contributed by atoms with E-state index in [9.17, 15) is 8.42 Å². The first kappa shape index (κ1) is 13.3. The van der Waals surface area contributed by atoms with Crippen LogP contribution in [0.4, 0.5) is 5.69 Å². The number of hydrogen-bond donors (Lipinski definition) is 1. The monoisotopic (exact) mass is 285 g/mol. The standard InChI is InChI=1S/C11H15N3O2S2/c1-3-14(4-2)8-5-6-10-9(7-8)13-11(17-10)18(12,15)16/h5-7H,3-4H2,1-2H3,(H2,12,15,16). The zero-order valence-corrected chi connectivity index (χ0v) is 11.9. The molecule has 0 atom stereocenters. The molecule has 0 aliphatic rings. The molecule has 0 amide bonds. The molecular formula is C11H15N3O2S2. The molecule has 98 valence electrons. The molecule has 7 heteroatoms. The second-order valence-electron chi connectivity index (χ2n) is 3.85. The fourth-order valence-corrected chi connectivity index (χ4v) is 3.44. The third kappa shape index (κ3) is 2.47. The quantitative estimate of drug-likeness (QED) is 0.929. The predicted molar refractivity (Wildman–Crippen MR) is 74.6 cm³/mol. The largest absolute Gasteiger partial charge is 0.372 e. The maximum atomic E-state index is 11.2. The van der Waals surface area contributed by atoms with Gasteiger partial charge in [0, 0.05) is 18.8 Å². The van der Waals surface area contributed by atoms with Crippen molar-refractivity contribution in [2.75, 3.05) is 18.0 Å². The van der Waals surface area contributed by atoms with Crippen LogP contribution in [-0.4, -0.2) is 26.5 Å². The van der Waals surface area contributed by atoms with E-state index in [0.717, 1.165) is 34.8 Å². The molecule has 0 fully saturated rings. The van der Waals surface area contributed by atoms with E-state index < -0.39 is 10.0 Å². The summed E-state index contributed by atoms with van der Waals surface area (Å²) in [7, 11) is -3.72. The minimum absolute atomic E-state index is 0.0332. The molecule has 0 unspecified atom stereocenters. The van der Waals surface area contributed by atoms with Crippen molar-refractivity contribution in [1.82, 2.24) is 4.98 Å². The number of benzene rings is 1. The minimum Gasteiger partial charge on any atom is -0.372 e. The van der Waals surface area contributed by atoms with Crippen LogP contribution in [0, 0.1) is 0 Å². The molecule has 2 aromatic rings. The van der Waals surface area contributed by atoms with Gasteiger partial charge >= 0.3 is 0 Å². The SMILES string of the molecule is CCN(CC)c1ccc2sc(S(N)(=O)=O)nc2c1. The van der Waals surface area contributed by atoms with Crippen LogP contribution < -0.4 is 10.0 Å². The Hall–Kier alpha value is -1.18. The lowest BCUT2D eigenvalue weighted by molar-refractivity contribution is 0.597. The van der Waals surface area contributed by atoms with Crippen molar-refractivity contribution < 1.29 is 8.42 Å². The summed E-state index contributed by atoms with van der Waals surface area (Å²) in [4.78, 5) is 6.25. The smallest absolute Gasteiger partial charge is 0.265 e. The molecule has 0 saturated carbocycles. The second-order valence-corrected chi connectivity index (χ2v) is 6.61. The van der Waals surface area contributed by atoms with Gasteiger partial charge in [-0.1, -0.05) is 0 Å². The summed E-state index contributed by atoms with van der Waals surface area (Å²) in [6.45, 7) is 5.94. The molecule has 1 aromatic carbocycles. The fourth-order valence-electron chi connectivity index (χ4n) is 1.80. The number of hydrogen-bond acceptors (Lipinski definition) is 5. The summed E-state index contributed by atoms with van der Waals surface area (Å²) in [5, 5.41) is 5.08. The van der Waals surface area contributed by atoms with E-state index in [4.69, 9.17) is 5.14 Å². The van der Waals surface area contributed by atoms with Crippen LogP contribution >= 0.6 is 11.3 Å². The molecule has 18 heavy (non-hydrogen) atoms. The van der Waals surface area contributed by atoms with E-state index in [0.29, 0.717) is 5.52 Å². The molecule has 0 saturated heterocycles. The Morgan fingerprint density at radius 3 is 2.56 bits per heavy atom. The zero-order valence-electron chi connectivity index (χ0n) is 10.3. The van der Waals surface area contributed by atoms with Crippen LogP contribution in [0.5, 0.6) is 0 Å². The lowest BCUT2D eigenvalue weighted by Crippen LogP contribution is -2.21. The third-order valence-electron chi connectivity index (χ3n) is 2.72. The summed E-state index contributed by atoms with van der Waals surface area (Å²) < 4.78 is 23.3. The number of nitrogens with two attached hydrogens (primary N) is 1. The van der Waals surface area contributed by atoms with E-state index in [1.54, 1.807) is 0 Å². The number of rotatable bonds is 4.